The third-order valence-corrected chi connectivity index (χ3v) is 3.60. The first kappa shape index (κ1) is 14.4. The second-order valence-corrected chi connectivity index (χ2v) is 5.63. The highest BCUT2D eigenvalue weighted by atomic mass is 32.1. The van der Waals surface area contributed by atoms with Gasteiger partial charge in [0.25, 0.3) is 0 Å². The number of anilines is 2. The van der Waals surface area contributed by atoms with Crippen LogP contribution in [0.3, 0.4) is 0 Å². The number of thiophene rings is 1. The number of hydrogen-bond acceptors (Lipinski definition) is 3. The zero-order valence-electron chi connectivity index (χ0n) is 10.4. The van der Waals surface area contributed by atoms with Gasteiger partial charge < -0.3 is 15.7 Å². The van der Waals surface area contributed by atoms with Crippen molar-refractivity contribution in [2.75, 3.05) is 10.6 Å². The van der Waals surface area contributed by atoms with Crippen molar-refractivity contribution < 1.29 is 14.3 Å². The largest absolute Gasteiger partial charge is 0.478 e. The van der Waals surface area contributed by atoms with Crippen LogP contribution in [0.1, 0.15) is 15.2 Å². The minimum atomic E-state index is -1.04. The summed E-state index contributed by atoms with van der Waals surface area (Å²) in [6.45, 7) is 1.80. The van der Waals surface area contributed by atoms with Gasteiger partial charge in [0.05, 0.1) is 11.3 Å². The number of halogens is 1. The topological polar surface area (TPSA) is 61.4 Å². The van der Waals surface area contributed by atoms with E-state index in [-0.39, 0.29) is 16.4 Å². The molecule has 0 spiro atoms. The van der Waals surface area contributed by atoms with Gasteiger partial charge in [0, 0.05) is 4.88 Å². The molecule has 20 heavy (non-hydrogen) atoms. The first-order chi connectivity index (χ1) is 9.47. The van der Waals surface area contributed by atoms with Gasteiger partial charge in [0.2, 0.25) is 0 Å². The van der Waals surface area contributed by atoms with E-state index in [2.05, 4.69) is 10.6 Å². The van der Waals surface area contributed by atoms with Crippen LogP contribution in [0.15, 0.2) is 30.3 Å². The highest BCUT2D eigenvalue weighted by Gasteiger charge is 2.15. The van der Waals surface area contributed by atoms with Gasteiger partial charge in [-0.1, -0.05) is 12.1 Å². The average molecular weight is 310 g/mol. The van der Waals surface area contributed by atoms with Crippen molar-refractivity contribution in [1.29, 1.82) is 0 Å². The second-order valence-electron chi connectivity index (χ2n) is 3.96. The van der Waals surface area contributed by atoms with E-state index < -0.39 is 11.8 Å². The molecular formula is C13H11FN2O2S2. The zero-order valence-corrected chi connectivity index (χ0v) is 12.1. The maximum atomic E-state index is 13.5. The third-order valence-electron chi connectivity index (χ3n) is 2.43. The Morgan fingerprint density at radius 1 is 1.35 bits per heavy atom. The number of carbonyl (C=O) groups is 1. The molecule has 0 saturated heterocycles. The van der Waals surface area contributed by atoms with Crippen LogP contribution >= 0.6 is 23.6 Å². The highest BCUT2D eigenvalue weighted by Crippen LogP contribution is 2.27. The summed E-state index contributed by atoms with van der Waals surface area (Å²) < 4.78 is 13.5. The molecule has 0 amide bonds. The molecule has 2 aromatic rings. The van der Waals surface area contributed by atoms with E-state index in [1.807, 2.05) is 0 Å². The Balaban J connectivity index is 2.13. The van der Waals surface area contributed by atoms with E-state index in [1.165, 1.54) is 17.4 Å². The van der Waals surface area contributed by atoms with Gasteiger partial charge >= 0.3 is 5.97 Å². The van der Waals surface area contributed by atoms with E-state index >= 15 is 0 Å². The minimum Gasteiger partial charge on any atom is -0.478 e. The molecule has 0 bridgehead atoms. The Hall–Kier alpha value is -1.99. The first-order valence-electron chi connectivity index (χ1n) is 5.63. The lowest BCUT2D eigenvalue weighted by Gasteiger charge is -2.10. The fraction of sp³-hybridized carbons (Fsp3) is 0.0769. The van der Waals surface area contributed by atoms with Crippen molar-refractivity contribution in [3.63, 3.8) is 0 Å². The van der Waals surface area contributed by atoms with Gasteiger partial charge in [-0.3, -0.25) is 0 Å². The summed E-state index contributed by atoms with van der Waals surface area (Å²) in [6.07, 6.45) is 0. The predicted molar refractivity (Wildman–Crippen MR) is 82.3 cm³/mol. The van der Waals surface area contributed by atoms with Crippen molar-refractivity contribution in [2.24, 2.45) is 0 Å². The number of aryl methyl sites for hydroxylation is 1. The summed E-state index contributed by atoms with van der Waals surface area (Å²) in [7, 11) is 0. The highest BCUT2D eigenvalue weighted by molar-refractivity contribution is 7.80. The van der Waals surface area contributed by atoms with Crippen LogP contribution in [0.25, 0.3) is 0 Å². The molecule has 104 valence electrons. The van der Waals surface area contributed by atoms with Crippen molar-refractivity contribution in [1.82, 2.24) is 0 Å². The van der Waals surface area contributed by atoms with E-state index in [0.29, 0.717) is 5.00 Å². The van der Waals surface area contributed by atoms with Crippen LogP contribution in [0.4, 0.5) is 15.1 Å². The summed E-state index contributed by atoms with van der Waals surface area (Å²) in [5, 5.41) is 15.1. The van der Waals surface area contributed by atoms with Crippen LogP contribution in [0.2, 0.25) is 0 Å². The van der Waals surface area contributed by atoms with E-state index in [9.17, 15) is 9.18 Å². The van der Waals surface area contributed by atoms with Crippen molar-refractivity contribution in [2.45, 2.75) is 6.92 Å². The molecule has 7 heteroatoms. The summed E-state index contributed by atoms with van der Waals surface area (Å²) in [6, 6.07) is 7.65. The summed E-state index contributed by atoms with van der Waals surface area (Å²) in [5.41, 5.74) is 0.375. The fourth-order valence-electron chi connectivity index (χ4n) is 1.59. The summed E-state index contributed by atoms with van der Waals surface area (Å²) >= 11 is 6.33. The Morgan fingerprint density at radius 2 is 2.05 bits per heavy atom. The Morgan fingerprint density at radius 3 is 2.70 bits per heavy atom. The number of thiocarbonyl (C=S) groups is 1. The van der Waals surface area contributed by atoms with E-state index in [4.69, 9.17) is 17.3 Å². The number of carboxylic acid groups (broad SMARTS) is 1. The molecular weight excluding hydrogens is 299 g/mol. The predicted octanol–water partition coefficient (Wildman–Crippen LogP) is 3.70. The first-order valence-corrected chi connectivity index (χ1v) is 6.86. The standard InChI is InChI=1S/C13H11FN2O2S2/c1-7-6-8(12(17)18)11(20-7)16-13(19)15-10-5-3-2-4-9(10)14/h2-6H,1H3,(H,17,18)(H2,15,16,19). The number of rotatable bonds is 3. The number of hydrogen-bond donors (Lipinski definition) is 3. The lowest BCUT2D eigenvalue weighted by atomic mass is 10.3. The number of benzene rings is 1. The Labute approximate surface area is 124 Å². The molecule has 0 fully saturated rings. The minimum absolute atomic E-state index is 0.138. The second kappa shape index (κ2) is 5.98. The molecule has 0 saturated carbocycles. The van der Waals surface area contributed by atoms with E-state index in [1.54, 1.807) is 31.2 Å². The van der Waals surface area contributed by atoms with Crippen LogP contribution in [0.5, 0.6) is 0 Å². The molecule has 0 aliphatic heterocycles. The normalized spacial score (nSPS) is 10.1. The van der Waals surface area contributed by atoms with Crippen molar-refractivity contribution >= 4 is 45.3 Å². The van der Waals surface area contributed by atoms with Crippen LogP contribution in [-0.4, -0.2) is 16.2 Å². The number of nitrogens with one attached hydrogen (secondary N) is 2. The fourth-order valence-corrected chi connectivity index (χ4v) is 2.77. The monoisotopic (exact) mass is 310 g/mol. The van der Waals surface area contributed by atoms with Crippen molar-refractivity contribution in [3.8, 4) is 0 Å². The van der Waals surface area contributed by atoms with Crippen molar-refractivity contribution in [3.05, 3.63) is 46.6 Å². The van der Waals surface area contributed by atoms with Gasteiger partial charge in [-0.05, 0) is 37.3 Å². The molecule has 0 aliphatic rings. The Kier molecular flexibility index (Phi) is 4.31. The van der Waals surface area contributed by atoms with Crippen LogP contribution in [0, 0.1) is 12.7 Å². The van der Waals surface area contributed by atoms with Gasteiger partial charge in [-0.25, -0.2) is 9.18 Å². The van der Waals surface area contributed by atoms with Gasteiger partial charge in [-0.15, -0.1) is 11.3 Å². The third kappa shape index (κ3) is 3.31. The van der Waals surface area contributed by atoms with Gasteiger partial charge in [0.15, 0.2) is 5.11 Å². The number of carboxylic acids is 1. The molecule has 3 N–H and O–H groups in total. The Bertz CT molecular complexity index is 670. The quantitative estimate of drug-likeness (QED) is 0.755. The molecule has 0 unspecified atom stereocenters. The molecule has 4 nitrogen and oxygen atoms in total. The zero-order chi connectivity index (χ0) is 14.7. The summed E-state index contributed by atoms with van der Waals surface area (Å²) in [5.74, 6) is -1.47. The average Bonchev–Trinajstić information content (AvgIpc) is 2.73. The SMILES string of the molecule is Cc1cc(C(=O)O)c(NC(=S)Nc2ccccc2F)s1. The molecule has 0 atom stereocenters. The number of aromatic carboxylic acids is 1. The molecule has 0 aliphatic carbocycles. The van der Waals surface area contributed by atoms with Gasteiger partial charge in [-0.2, -0.15) is 0 Å². The summed E-state index contributed by atoms with van der Waals surface area (Å²) in [4.78, 5) is 11.9. The van der Waals surface area contributed by atoms with Gasteiger partial charge in [0.1, 0.15) is 10.8 Å². The lowest BCUT2D eigenvalue weighted by Crippen LogP contribution is -2.20. The van der Waals surface area contributed by atoms with E-state index in [0.717, 1.165) is 4.88 Å². The van der Waals surface area contributed by atoms with Crippen LogP contribution < -0.4 is 10.6 Å². The molecule has 2 rings (SSSR count). The van der Waals surface area contributed by atoms with Crippen LogP contribution in [-0.2, 0) is 0 Å². The molecule has 0 radical (unpaired) electrons. The molecule has 1 aromatic carbocycles. The molecule has 1 aromatic heterocycles. The maximum absolute atomic E-state index is 13.5. The number of para-hydroxylation sites is 1. The smallest absolute Gasteiger partial charge is 0.338 e. The lowest BCUT2D eigenvalue weighted by molar-refractivity contribution is 0.0698. The molecule has 1 heterocycles. The maximum Gasteiger partial charge on any atom is 0.338 e.